The van der Waals surface area contributed by atoms with Gasteiger partial charge in [-0.1, -0.05) is 12.2 Å². The predicted molar refractivity (Wildman–Crippen MR) is 70.0 cm³/mol. The van der Waals surface area contributed by atoms with E-state index in [2.05, 4.69) is 28.4 Å². The van der Waals surface area contributed by atoms with Gasteiger partial charge < -0.3 is 10.5 Å². The molecule has 2 atom stereocenters. The van der Waals surface area contributed by atoms with E-state index in [-0.39, 0.29) is 11.8 Å². The SMILES string of the molecule is Cc1[nH]nc2c1[C@@H]([C@H]1CC=CCC1)C(C#N)=C(N)O2. The largest absolute Gasteiger partial charge is 0.420 e. The van der Waals surface area contributed by atoms with Crippen LogP contribution in [0.2, 0.25) is 0 Å². The Hall–Kier alpha value is -2.22. The van der Waals surface area contributed by atoms with Crippen LogP contribution in [0.15, 0.2) is 23.6 Å². The molecule has 0 saturated carbocycles. The molecule has 1 aromatic rings. The lowest BCUT2D eigenvalue weighted by Gasteiger charge is -2.31. The maximum Gasteiger partial charge on any atom is 0.243 e. The predicted octanol–water partition coefficient (Wildman–Crippen LogP) is 2.24. The minimum Gasteiger partial charge on any atom is -0.420 e. The second-order valence-electron chi connectivity index (χ2n) is 5.08. The topological polar surface area (TPSA) is 87.7 Å². The van der Waals surface area contributed by atoms with Crippen LogP contribution in [-0.2, 0) is 0 Å². The number of nitrogens with one attached hydrogen (secondary N) is 1. The molecule has 0 amide bonds. The number of ether oxygens (including phenoxy) is 1. The number of fused-ring (bicyclic) bond motifs is 1. The fourth-order valence-corrected chi connectivity index (χ4v) is 3.03. The molecule has 2 heterocycles. The molecule has 0 fully saturated rings. The van der Waals surface area contributed by atoms with Gasteiger partial charge in [0.2, 0.25) is 11.8 Å². The molecule has 0 radical (unpaired) electrons. The molecular weight excluding hydrogens is 240 g/mol. The molecule has 98 valence electrons. The summed E-state index contributed by atoms with van der Waals surface area (Å²) in [6.45, 7) is 1.96. The van der Waals surface area contributed by atoms with Crippen molar-refractivity contribution in [1.82, 2.24) is 10.2 Å². The first kappa shape index (κ1) is 11.8. The number of nitrogens with two attached hydrogens (primary N) is 1. The van der Waals surface area contributed by atoms with Gasteiger partial charge >= 0.3 is 0 Å². The van der Waals surface area contributed by atoms with Crippen molar-refractivity contribution in [2.75, 3.05) is 0 Å². The smallest absolute Gasteiger partial charge is 0.243 e. The first-order valence-corrected chi connectivity index (χ1v) is 6.49. The van der Waals surface area contributed by atoms with Gasteiger partial charge in [-0.15, -0.1) is 5.10 Å². The lowest BCUT2D eigenvalue weighted by Crippen LogP contribution is -2.25. The Balaban J connectivity index is 2.10. The molecule has 0 saturated heterocycles. The molecule has 5 heteroatoms. The Morgan fingerprint density at radius 3 is 3.05 bits per heavy atom. The number of aromatic amines is 1. The van der Waals surface area contributed by atoms with Gasteiger partial charge in [-0.05, 0) is 32.1 Å². The quantitative estimate of drug-likeness (QED) is 0.754. The van der Waals surface area contributed by atoms with E-state index in [1.165, 1.54) is 0 Å². The van der Waals surface area contributed by atoms with E-state index in [4.69, 9.17) is 10.5 Å². The van der Waals surface area contributed by atoms with Crippen molar-refractivity contribution in [2.45, 2.75) is 32.1 Å². The van der Waals surface area contributed by atoms with Gasteiger partial charge in [0.15, 0.2) is 0 Å². The fourth-order valence-electron chi connectivity index (χ4n) is 3.03. The number of hydrogen-bond acceptors (Lipinski definition) is 4. The van der Waals surface area contributed by atoms with E-state index in [0.717, 1.165) is 30.5 Å². The summed E-state index contributed by atoms with van der Waals surface area (Å²) in [7, 11) is 0. The molecule has 2 aliphatic rings. The van der Waals surface area contributed by atoms with Crippen LogP contribution in [0.4, 0.5) is 0 Å². The van der Waals surface area contributed by atoms with Crippen molar-refractivity contribution in [3.63, 3.8) is 0 Å². The van der Waals surface area contributed by atoms with Crippen LogP contribution in [0.1, 0.15) is 36.4 Å². The molecule has 1 aromatic heterocycles. The van der Waals surface area contributed by atoms with E-state index in [0.29, 0.717) is 17.4 Å². The van der Waals surface area contributed by atoms with Gasteiger partial charge in [0.1, 0.15) is 6.07 Å². The van der Waals surface area contributed by atoms with E-state index in [1.54, 1.807) is 0 Å². The zero-order chi connectivity index (χ0) is 13.4. The van der Waals surface area contributed by atoms with Gasteiger partial charge in [0, 0.05) is 17.2 Å². The first-order chi connectivity index (χ1) is 9.22. The Kier molecular flexibility index (Phi) is 2.79. The third-order valence-electron chi connectivity index (χ3n) is 3.96. The van der Waals surface area contributed by atoms with E-state index in [1.807, 2.05) is 6.92 Å². The van der Waals surface area contributed by atoms with Crippen LogP contribution in [0.25, 0.3) is 0 Å². The summed E-state index contributed by atoms with van der Waals surface area (Å²) < 4.78 is 5.45. The summed E-state index contributed by atoms with van der Waals surface area (Å²) in [6, 6.07) is 2.22. The number of aromatic nitrogens is 2. The molecule has 0 unspecified atom stereocenters. The Morgan fingerprint density at radius 1 is 1.53 bits per heavy atom. The molecule has 0 bridgehead atoms. The molecule has 1 aliphatic heterocycles. The summed E-state index contributed by atoms with van der Waals surface area (Å²) in [4.78, 5) is 0. The average molecular weight is 256 g/mol. The van der Waals surface area contributed by atoms with E-state index < -0.39 is 0 Å². The lowest BCUT2D eigenvalue weighted by atomic mass is 9.74. The highest BCUT2D eigenvalue weighted by Crippen LogP contribution is 2.46. The highest BCUT2D eigenvalue weighted by Gasteiger charge is 2.37. The second kappa shape index (κ2) is 4.47. The van der Waals surface area contributed by atoms with Crippen LogP contribution in [-0.4, -0.2) is 10.2 Å². The number of nitrogens with zero attached hydrogens (tertiary/aromatic N) is 2. The second-order valence-corrected chi connectivity index (χ2v) is 5.08. The summed E-state index contributed by atoms with van der Waals surface area (Å²) in [5.74, 6) is 1.10. The zero-order valence-corrected chi connectivity index (χ0v) is 10.8. The van der Waals surface area contributed by atoms with Gasteiger partial charge in [0.25, 0.3) is 0 Å². The van der Waals surface area contributed by atoms with Crippen LogP contribution >= 0.6 is 0 Å². The maximum atomic E-state index is 9.40. The van der Waals surface area contributed by atoms with Gasteiger partial charge in [-0.2, -0.15) is 5.26 Å². The summed E-state index contributed by atoms with van der Waals surface area (Å²) in [5, 5.41) is 16.5. The zero-order valence-electron chi connectivity index (χ0n) is 10.8. The summed E-state index contributed by atoms with van der Waals surface area (Å²) in [5.41, 5.74) is 8.36. The Bertz CT molecular complexity index is 605. The van der Waals surface area contributed by atoms with Crippen molar-refractivity contribution in [3.05, 3.63) is 34.9 Å². The van der Waals surface area contributed by atoms with E-state index in [9.17, 15) is 5.26 Å². The molecule has 19 heavy (non-hydrogen) atoms. The maximum absolute atomic E-state index is 9.40. The first-order valence-electron chi connectivity index (χ1n) is 6.49. The Labute approximate surface area is 111 Å². The standard InChI is InChI=1S/C14H16N4O/c1-8-11-12(9-5-3-2-4-6-9)10(7-15)13(16)19-14(11)18-17-8/h2-3,9,12H,4-6,16H2,1H3,(H,17,18)/t9-,12-/m0/s1. The molecule has 3 rings (SSSR count). The number of allylic oxidation sites excluding steroid dienone is 3. The highest BCUT2D eigenvalue weighted by molar-refractivity contribution is 5.49. The number of aryl methyl sites for hydroxylation is 1. The van der Waals surface area contributed by atoms with Crippen molar-refractivity contribution >= 4 is 0 Å². The number of rotatable bonds is 1. The third kappa shape index (κ3) is 1.80. The normalized spacial score (nSPS) is 25.7. The number of H-pyrrole nitrogens is 1. The lowest BCUT2D eigenvalue weighted by molar-refractivity contribution is 0.339. The van der Waals surface area contributed by atoms with Crippen molar-refractivity contribution < 1.29 is 4.74 Å². The minimum absolute atomic E-state index is 0.00236. The number of nitriles is 1. The van der Waals surface area contributed by atoms with E-state index >= 15 is 0 Å². The molecule has 0 aromatic carbocycles. The van der Waals surface area contributed by atoms with Crippen LogP contribution in [0.5, 0.6) is 5.88 Å². The third-order valence-corrected chi connectivity index (χ3v) is 3.96. The Morgan fingerprint density at radius 2 is 2.37 bits per heavy atom. The van der Waals surface area contributed by atoms with Crippen molar-refractivity contribution in [2.24, 2.45) is 11.7 Å². The van der Waals surface area contributed by atoms with Crippen LogP contribution in [0.3, 0.4) is 0 Å². The molecule has 0 spiro atoms. The highest BCUT2D eigenvalue weighted by atomic mass is 16.5. The number of hydrogen-bond donors (Lipinski definition) is 2. The fraction of sp³-hybridized carbons (Fsp3) is 0.429. The van der Waals surface area contributed by atoms with Gasteiger partial charge in [-0.25, -0.2) is 0 Å². The average Bonchev–Trinajstić information content (AvgIpc) is 2.79. The van der Waals surface area contributed by atoms with Crippen molar-refractivity contribution in [3.8, 4) is 11.9 Å². The van der Waals surface area contributed by atoms with Gasteiger partial charge in [-0.3, -0.25) is 5.10 Å². The van der Waals surface area contributed by atoms with Crippen LogP contribution in [0, 0.1) is 24.2 Å². The molecule has 1 aliphatic carbocycles. The van der Waals surface area contributed by atoms with Gasteiger partial charge in [0.05, 0.1) is 5.57 Å². The van der Waals surface area contributed by atoms with Crippen molar-refractivity contribution in [1.29, 1.82) is 5.26 Å². The molecule has 3 N–H and O–H groups in total. The molecule has 5 nitrogen and oxygen atoms in total. The summed E-state index contributed by atoms with van der Waals surface area (Å²) in [6.07, 6.45) is 7.45. The molecular formula is C14H16N4O. The van der Waals surface area contributed by atoms with Crippen LogP contribution < -0.4 is 10.5 Å². The minimum atomic E-state index is -0.00236. The summed E-state index contributed by atoms with van der Waals surface area (Å²) >= 11 is 0. The monoisotopic (exact) mass is 256 g/mol.